The van der Waals surface area contributed by atoms with E-state index < -0.39 is 0 Å². The Morgan fingerprint density at radius 2 is 2.00 bits per heavy atom. The van der Waals surface area contributed by atoms with Gasteiger partial charge in [-0.05, 0) is 31.5 Å². The second kappa shape index (κ2) is 7.31. The summed E-state index contributed by atoms with van der Waals surface area (Å²) >= 11 is 0. The normalized spacial score (nSPS) is 11.0. The Bertz CT molecular complexity index is 620. The van der Waals surface area contributed by atoms with E-state index in [-0.39, 0.29) is 0 Å². The van der Waals surface area contributed by atoms with E-state index in [0.29, 0.717) is 5.92 Å². The van der Waals surface area contributed by atoms with E-state index in [4.69, 9.17) is 9.47 Å². The molecule has 2 rings (SSSR count). The fraction of sp³-hybridized carbons (Fsp3) is 0.471. The molecule has 1 aromatic heterocycles. The van der Waals surface area contributed by atoms with Crippen LogP contribution < -0.4 is 14.8 Å². The number of benzene rings is 1. The van der Waals surface area contributed by atoms with Crippen molar-refractivity contribution in [1.82, 2.24) is 15.1 Å². The molecule has 1 aromatic carbocycles. The zero-order valence-corrected chi connectivity index (χ0v) is 14.0. The molecule has 0 spiro atoms. The predicted octanol–water partition coefficient (Wildman–Crippen LogP) is 2.94. The minimum absolute atomic E-state index is 0.636. The SMILES string of the molecule is COc1ccc(-n2ncc(CNCC(C)C)c2C)c(OC)c1. The fourth-order valence-electron chi connectivity index (χ4n) is 2.32. The predicted molar refractivity (Wildman–Crippen MR) is 87.9 cm³/mol. The Balaban J connectivity index is 2.24. The third-order valence-corrected chi connectivity index (χ3v) is 3.59. The van der Waals surface area contributed by atoms with Gasteiger partial charge in [0.15, 0.2) is 0 Å². The van der Waals surface area contributed by atoms with E-state index in [1.807, 2.05) is 29.1 Å². The zero-order valence-electron chi connectivity index (χ0n) is 14.0. The Labute approximate surface area is 132 Å². The van der Waals surface area contributed by atoms with Crippen molar-refractivity contribution < 1.29 is 9.47 Å². The number of hydrogen-bond donors (Lipinski definition) is 1. The maximum atomic E-state index is 5.46. The van der Waals surface area contributed by atoms with Crippen LogP contribution in [0.2, 0.25) is 0 Å². The lowest BCUT2D eigenvalue weighted by Crippen LogP contribution is -2.19. The molecule has 5 nitrogen and oxygen atoms in total. The number of rotatable bonds is 7. The van der Waals surface area contributed by atoms with Crippen LogP contribution in [0, 0.1) is 12.8 Å². The average Bonchev–Trinajstić information content (AvgIpc) is 2.87. The molecule has 0 saturated carbocycles. The molecule has 0 aliphatic rings. The third-order valence-electron chi connectivity index (χ3n) is 3.59. The molecule has 120 valence electrons. The molecule has 1 heterocycles. The van der Waals surface area contributed by atoms with Gasteiger partial charge in [0, 0.05) is 23.9 Å². The van der Waals surface area contributed by atoms with Crippen LogP contribution in [0.25, 0.3) is 5.69 Å². The van der Waals surface area contributed by atoms with Gasteiger partial charge in [-0.15, -0.1) is 0 Å². The minimum Gasteiger partial charge on any atom is -0.497 e. The molecule has 5 heteroatoms. The lowest BCUT2D eigenvalue weighted by molar-refractivity contribution is 0.392. The Morgan fingerprint density at radius 3 is 2.64 bits per heavy atom. The first-order chi connectivity index (χ1) is 10.6. The summed E-state index contributed by atoms with van der Waals surface area (Å²) in [5.41, 5.74) is 3.22. The van der Waals surface area contributed by atoms with Gasteiger partial charge in [-0.25, -0.2) is 4.68 Å². The third kappa shape index (κ3) is 3.60. The first-order valence-electron chi connectivity index (χ1n) is 7.53. The van der Waals surface area contributed by atoms with Gasteiger partial charge in [0.25, 0.3) is 0 Å². The smallest absolute Gasteiger partial charge is 0.148 e. The summed E-state index contributed by atoms with van der Waals surface area (Å²) in [7, 11) is 3.30. The molecular weight excluding hydrogens is 278 g/mol. The molecule has 2 aromatic rings. The van der Waals surface area contributed by atoms with Crippen LogP contribution in [-0.4, -0.2) is 30.5 Å². The molecule has 0 amide bonds. The lowest BCUT2D eigenvalue weighted by Gasteiger charge is -2.12. The van der Waals surface area contributed by atoms with Crippen molar-refractivity contribution in [2.75, 3.05) is 20.8 Å². The van der Waals surface area contributed by atoms with Crippen LogP contribution in [0.1, 0.15) is 25.1 Å². The van der Waals surface area contributed by atoms with E-state index in [0.717, 1.165) is 36.0 Å². The summed E-state index contributed by atoms with van der Waals surface area (Å²) in [5, 5.41) is 7.95. The van der Waals surface area contributed by atoms with E-state index in [1.165, 1.54) is 5.56 Å². The molecule has 0 aliphatic carbocycles. The Kier molecular flexibility index (Phi) is 5.44. The molecule has 22 heavy (non-hydrogen) atoms. The van der Waals surface area contributed by atoms with E-state index >= 15 is 0 Å². The van der Waals surface area contributed by atoms with Gasteiger partial charge in [0.05, 0.1) is 20.4 Å². The standard InChI is InChI=1S/C17H25N3O2/c1-12(2)9-18-10-14-11-19-20(13(14)3)16-7-6-15(21-4)8-17(16)22-5/h6-8,11-12,18H,9-10H2,1-5H3. The van der Waals surface area contributed by atoms with Gasteiger partial charge < -0.3 is 14.8 Å². The van der Waals surface area contributed by atoms with Crippen LogP contribution in [0.4, 0.5) is 0 Å². The fourth-order valence-corrected chi connectivity index (χ4v) is 2.32. The molecule has 0 fully saturated rings. The highest BCUT2D eigenvalue weighted by atomic mass is 16.5. The minimum atomic E-state index is 0.636. The Morgan fingerprint density at radius 1 is 1.23 bits per heavy atom. The number of hydrogen-bond acceptors (Lipinski definition) is 4. The second-order valence-corrected chi connectivity index (χ2v) is 5.73. The highest BCUT2D eigenvalue weighted by Crippen LogP contribution is 2.28. The summed E-state index contributed by atoms with van der Waals surface area (Å²) in [6.45, 7) is 8.29. The molecular formula is C17H25N3O2. The highest BCUT2D eigenvalue weighted by Gasteiger charge is 2.13. The topological polar surface area (TPSA) is 48.3 Å². The van der Waals surface area contributed by atoms with Crippen molar-refractivity contribution in [2.24, 2.45) is 5.92 Å². The summed E-state index contributed by atoms with van der Waals surface area (Å²) < 4.78 is 12.6. The molecule has 0 atom stereocenters. The molecule has 0 radical (unpaired) electrons. The number of nitrogens with one attached hydrogen (secondary N) is 1. The number of nitrogens with zero attached hydrogens (tertiary/aromatic N) is 2. The van der Waals surface area contributed by atoms with Gasteiger partial charge in [-0.2, -0.15) is 5.10 Å². The highest BCUT2D eigenvalue weighted by molar-refractivity contribution is 5.51. The quantitative estimate of drug-likeness (QED) is 0.854. The van der Waals surface area contributed by atoms with Crippen molar-refractivity contribution in [1.29, 1.82) is 0 Å². The first-order valence-corrected chi connectivity index (χ1v) is 7.53. The van der Waals surface area contributed by atoms with Gasteiger partial charge in [0.2, 0.25) is 0 Å². The van der Waals surface area contributed by atoms with Crippen molar-refractivity contribution in [2.45, 2.75) is 27.3 Å². The summed E-state index contributed by atoms with van der Waals surface area (Å²) in [6, 6.07) is 5.74. The number of aromatic nitrogens is 2. The molecule has 0 aliphatic heterocycles. The van der Waals surface area contributed by atoms with E-state index in [2.05, 4.69) is 31.2 Å². The van der Waals surface area contributed by atoms with Gasteiger partial charge in [0.1, 0.15) is 17.2 Å². The maximum Gasteiger partial charge on any atom is 0.148 e. The van der Waals surface area contributed by atoms with Crippen molar-refractivity contribution in [3.05, 3.63) is 35.7 Å². The summed E-state index contributed by atoms with van der Waals surface area (Å²) in [5.74, 6) is 2.15. The summed E-state index contributed by atoms with van der Waals surface area (Å²) in [4.78, 5) is 0. The average molecular weight is 303 g/mol. The second-order valence-electron chi connectivity index (χ2n) is 5.73. The van der Waals surface area contributed by atoms with E-state index in [9.17, 15) is 0 Å². The molecule has 0 bridgehead atoms. The van der Waals surface area contributed by atoms with Gasteiger partial charge in [-0.3, -0.25) is 0 Å². The van der Waals surface area contributed by atoms with E-state index in [1.54, 1.807) is 14.2 Å². The van der Waals surface area contributed by atoms with Gasteiger partial charge in [-0.1, -0.05) is 13.8 Å². The molecule has 0 unspecified atom stereocenters. The van der Waals surface area contributed by atoms with Crippen molar-refractivity contribution in [3.8, 4) is 17.2 Å². The first kappa shape index (κ1) is 16.4. The van der Waals surface area contributed by atoms with Crippen LogP contribution in [0.15, 0.2) is 24.4 Å². The maximum absolute atomic E-state index is 5.46. The monoisotopic (exact) mass is 303 g/mol. The number of ether oxygens (including phenoxy) is 2. The van der Waals surface area contributed by atoms with Crippen LogP contribution in [0.3, 0.4) is 0 Å². The number of methoxy groups -OCH3 is 2. The van der Waals surface area contributed by atoms with Crippen molar-refractivity contribution in [3.63, 3.8) is 0 Å². The molecule has 0 saturated heterocycles. The van der Waals surface area contributed by atoms with Crippen LogP contribution in [0.5, 0.6) is 11.5 Å². The molecule has 1 N–H and O–H groups in total. The van der Waals surface area contributed by atoms with Crippen LogP contribution >= 0.6 is 0 Å². The lowest BCUT2D eigenvalue weighted by atomic mass is 10.2. The van der Waals surface area contributed by atoms with Gasteiger partial charge >= 0.3 is 0 Å². The largest absolute Gasteiger partial charge is 0.497 e. The zero-order chi connectivity index (χ0) is 16.1. The van der Waals surface area contributed by atoms with Crippen molar-refractivity contribution >= 4 is 0 Å². The Hall–Kier alpha value is -2.01. The van der Waals surface area contributed by atoms with Crippen LogP contribution in [-0.2, 0) is 6.54 Å². The summed E-state index contributed by atoms with van der Waals surface area (Å²) in [6.07, 6.45) is 1.91.